The van der Waals surface area contributed by atoms with E-state index in [1.807, 2.05) is 24.3 Å². The van der Waals surface area contributed by atoms with Gasteiger partial charge < -0.3 is 15.0 Å². The summed E-state index contributed by atoms with van der Waals surface area (Å²) in [7, 11) is 2.08. The van der Waals surface area contributed by atoms with Gasteiger partial charge in [-0.05, 0) is 48.7 Å². The summed E-state index contributed by atoms with van der Waals surface area (Å²) in [4.78, 5) is 26.8. The molecule has 5 nitrogen and oxygen atoms in total. The van der Waals surface area contributed by atoms with Crippen LogP contribution in [0, 0.1) is 0 Å². The Morgan fingerprint density at radius 3 is 2.74 bits per heavy atom. The molecule has 0 aromatic heterocycles. The number of carbonyl (C=O) groups is 2. The number of benzene rings is 2. The molecule has 1 amide bonds. The van der Waals surface area contributed by atoms with Crippen molar-refractivity contribution in [2.24, 2.45) is 0 Å². The largest absolute Gasteiger partial charge is 0.463 e. The summed E-state index contributed by atoms with van der Waals surface area (Å²) < 4.78 is 5.01. The molecule has 0 bridgehead atoms. The number of amides is 1. The van der Waals surface area contributed by atoms with Crippen molar-refractivity contribution in [3.05, 3.63) is 59.2 Å². The van der Waals surface area contributed by atoms with Crippen LogP contribution in [-0.2, 0) is 27.3 Å². The van der Waals surface area contributed by atoms with E-state index in [9.17, 15) is 9.59 Å². The Kier molecular flexibility index (Phi) is 4.54. The van der Waals surface area contributed by atoms with Gasteiger partial charge in [-0.3, -0.25) is 4.79 Å². The minimum Gasteiger partial charge on any atom is -0.463 e. The lowest BCUT2D eigenvalue weighted by atomic mass is 9.86. The van der Waals surface area contributed by atoms with Gasteiger partial charge in [0.05, 0.1) is 17.9 Å². The maximum Gasteiger partial charge on any atom is 0.331 e. The molecule has 5 heteroatoms. The van der Waals surface area contributed by atoms with E-state index in [1.54, 1.807) is 6.92 Å². The Morgan fingerprint density at radius 1 is 1.22 bits per heavy atom. The number of esters is 1. The highest BCUT2D eigenvalue weighted by Gasteiger charge is 2.32. The molecule has 2 aromatic rings. The van der Waals surface area contributed by atoms with Crippen molar-refractivity contribution in [1.29, 1.82) is 0 Å². The summed E-state index contributed by atoms with van der Waals surface area (Å²) in [5.74, 6) is -0.745. The van der Waals surface area contributed by atoms with Gasteiger partial charge in [-0.1, -0.05) is 30.3 Å². The maximum atomic E-state index is 12.6. The minimum atomic E-state index is -0.494. The molecule has 0 saturated heterocycles. The van der Waals surface area contributed by atoms with Gasteiger partial charge in [0.25, 0.3) is 5.91 Å². The first-order chi connectivity index (χ1) is 13.1. The smallest absolute Gasteiger partial charge is 0.331 e. The van der Waals surface area contributed by atoms with Crippen LogP contribution in [0.25, 0.3) is 16.7 Å². The van der Waals surface area contributed by atoms with Crippen LogP contribution in [0.15, 0.2) is 42.5 Å². The maximum absolute atomic E-state index is 12.6. The van der Waals surface area contributed by atoms with Crippen LogP contribution in [0.5, 0.6) is 0 Å². The fourth-order valence-corrected chi connectivity index (χ4v) is 3.87. The summed E-state index contributed by atoms with van der Waals surface area (Å²) in [5, 5.41) is 2.98. The van der Waals surface area contributed by atoms with Gasteiger partial charge in [-0.15, -0.1) is 0 Å². The van der Waals surface area contributed by atoms with E-state index in [0.29, 0.717) is 5.57 Å². The van der Waals surface area contributed by atoms with Gasteiger partial charge in [0.15, 0.2) is 0 Å². The van der Waals surface area contributed by atoms with Crippen molar-refractivity contribution < 1.29 is 14.3 Å². The number of nitrogens with one attached hydrogen (secondary N) is 1. The molecule has 0 fully saturated rings. The lowest BCUT2D eigenvalue weighted by molar-refractivity contribution is -0.137. The van der Waals surface area contributed by atoms with Crippen LogP contribution in [-0.4, -0.2) is 37.0 Å². The SMILES string of the molecule is CCOC(=O)C=C1C(=O)Nc2c1cc(-c1ccccc1)c1c2CN(C)CC1. The fraction of sp³-hybridized carbons (Fsp3) is 0.273. The van der Waals surface area contributed by atoms with Crippen LogP contribution < -0.4 is 5.32 Å². The molecule has 0 spiro atoms. The molecule has 2 aromatic carbocycles. The summed E-state index contributed by atoms with van der Waals surface area (Å²) >= 11 is 0. The van der Waals surface area contributed by atoms with Gasteiger partial charge in [0.2, 0.25) is 0 Å². The first kappa shape index (κ1) is 17.5. The first-order valence-electron chi connectivity index (χ1n) is 9.21. The minimum absolute atomic E-state index is 0.251. The highest BCUT2D eigenvalue weighted by Crippen LogP contribution is 2.43. The van der Waals surface area contributed by atoms with Crippen molar-refractivity contribution in [3.8, 4) is 11.1 Å². The summed E-state index contributed by atoms with van der Waals surface area (Å²) in [6.45, 7) is 3.77. The lowest BCUT2D eigenvalue weighted by Crippen LogP contribution is -2.27. The first-order valence-corrected chi connectivity index (χ1v) is 9.21. The van der Waals surface area contributed by atoms with Crippen LogP contribution in [0.2, 0.25) is 0 Å². The second kappa shape index (κ2) is 7.00. The van der Waals surface area contributed by atoms with E-state index in [2.05, 4.69) is 29.4 Å². The van der Waals surface area contributed by atoms with Gasteiger partial charge in [0.1, 0.15) is 0 Å². The predicted molar refractivity (Wildman–Crippen MR) is 105 cm³/mol. The van der Waals surface area contributed by atoms with Gasteiger partial charge in [0, 0.05) is 24.7 Å². The molecule has 1 N–H and O–H groups in total. The van der Waals surface area contributed by atoms with E-state index in [4.69, 9.17) is 4.74 Å². The molecule has 27 heavy (non-hydrogen) atoms. The summed E-state index contributed by atoms with van der Waals surface area (Å²) in [6.07, 6.45) is 2.23. The van der Waals surface area contributed by atoms with Crippen molar-refractivity contribution in [2.45, 2.75) is 19.9 Å². The number of ether oxygens (including phenoxy) is 1. The number of anilines is 1. The summed E-state index contributed by atoms with van der Waals surface area (Å²) in [6, 6.07) is 12.2. The Morgan fingerprint density at radius 2 is 2.00 bits per heavy atom. The lowest BCUT2D eigenvalue weighted by Gasteiger charge is -2.29. The molecule has 4 rings (SSSR count). The van der Waals surface area contributed by atoms with E-state index < -0.39 is 5.97 Å². The Labute approximate surface area is 158 Å². The standard InChI is InChI=1S/C22H22N2O3/c1-3-27-20(25)12-18-17-11-16(14-7-5-4-6-8-14)15-9-10-24(2)13-19(15)21(17)23-22(18)26/h4-8,11-12H,3,9-10,13H2,1-2H3,(H,23,26). The van der Waals surface area contributed by atoms with E-state index in [-0.39, 0.29) is 12.5 Å². The Bertz CT molecular complexity index is 948. The predicted octanol–water partition coefficient (Wildman–Crippen LogP) is 3.24. The average Bonchev–Trinajstić information content (AvgIpc) is 2.98. The highest BCUT2D eigenvalue weighted by atomic mass is 16.5. The molecule has 0 aliphatic carbocycles. The third-order valence-electron chi connectivity index (χ3n) is 5.13. The fourth-order valence-electron chi connectivity index (χ4n) is 3.87. The zero-order chi connectivity index (χ0) is 19.0. The molecular weight excluding hydrogens is 340 g/mol. The van der Waals surface area contributed by atoms with Gasteiger partial charge in [-0.25, -0.2) is 4.79 Å². The summed E-state index contributed by atoms with van der Waals surface area (Å²) in [5.41, 5.74) is 6.64. The van der Waals surface area contributed by atoms with Crippen molar-refractivity contribution >= 4 is 23.1 Å². The second-order valence-corrected chi connectivity index (χ2v) is 6.92. The van der Waals surface area contributed by atoms with Crippen LogP contribution in [0.4, 0.5) is 5.69 Å². The number of nitrogens with zero attached hydrogens (tertiary/aromatic N) is 1. The molecule has 2 heterocycles. The molecule has 0 atom stereocenters. The molecule has 2 aliphatic heterocycles. The monoisotopic (exact) mass is 362 g/mol. The van der Waals surface area contributed by atoms with E-state index in [1.165, 1.54) is 11.6 Å². The Balaban J connectivity index is 1.92. The quantitative estimate of drug-likeness (QED) is 0.673. The van der Waals surface area contributed by atoms with E-state index in [0.717, 1.165) is 47.5 Å². The number of fused-ring (bicyclic) bond motifs is 3. The highest BCUT2D eigenvalue weighted by molar-refractivity contribution is 6.34. The van der Waals surface area contributed by atoms with E-state index >= 15 is 0 Å². The van der Waals surface area contributed by atoms with Gasteiger partial charge >= 0.3 is 5.97 Å². The second-order valence-electron chi connectivity index (χ2n) is 6.92. The number of likely N-dealkylation sites (N-methyl/N-ethyl adjacent to an activating group) is 1. The number of hydrogen-bond donors (Lipinski definition) is 1. The third-order valence-corrected chi connectivity index (χ3v) is 5.13. The normalized spacial score (nSPS) is 17.4. The number of hydrogen-bond acceptors (Lipinski definition) is 4. The molecule has 2 aliphatic rings. The van der Waals surface area contributed by atoms with Crippen LogP contribution in [0.1, 0.15) is 23.6 Å². The molecule has 138 valence electrons. The average molecular weight is 362 g/mol. The zero-order valence-electron chi connectivity index (χ0n) is 15.5. The zero-order valence-corrected chi connectivity index (χ0v) is 15.5. The van der Waals surface area contributed by atoms with Crippen LogP contribution in [0.3, 0.4) is 0 Å². The van der Waals surface area contributed by atoms with Gasteiger partial charge in [-0.2, -0.15) is 0 Å². The topological polar surface area (TPSA) is 58.6 Å². The van der Waals surface area contributed by atoms with Crippen LogP contribution >= 0.6 is 0 Å². The molecular formula is C22H22N2O3. The van der Waals surface area contributed by atoms with Crippen molar-refractivity contribution in [1.82, 2.24) is 4.90 Å². The van der Waals surface area contributed by atoms with Crippen molar-refractivity contribution in [3.63, 3.8) is 0 Å². The number of rotatable bonds is 3. The number of carbonyl (C=O) groups excluding carboxylic acids is 2. The molecule has 0 unspecified atom stereocenters. The molecule has 0 radical (unpaired) electrons. The Hall–Kier alpha value is -2.92. The third kappa shape index (κ3) is 3.15. The molecule has 0 saturated carbocycles. The van der Waals surface area contributed by atoms with Crippen molar-refractivity contribution in [2.75, 3.05) is 25.5 Å².